The van der Waals surface area contributed by atoms with Gasteiger partial charge in [0.2, 0.25) is 0 Å². The zero-order valence-corrected chi connectivity index (χ0v) is 62.8. The van der Waals surface area contributed by atoms with Crippen LogP contribution in [0.5, 0.6) is 0 Å². The molecule has 1 atom stereocenters. The molecule has 0 spiro atoms. The maximum atomic E-state index is 11.5. The fourth-order valence-electron chi connectivity index (χ4n) is 3.80. The first-order valence-electron chi connectivity index (χ1n) is 30.6. The Morgan fingerprint density at radius 1 is 0.114 bits per heavy atom. The molecule has 0 saturated heterocycles. The van der Waals surface area contributed by atoms with Crippen LogP contribution in [0.15, 0.2) is 0 Å². The average molecular weight is 1510 g/mol. The zero-order chi connectivity index (χ0) is 87.7. The Kier molecular flexibility index (Phi) is 74.1. The molecule has 0 N–H and O–H groups in total. The third-order valence-electron chi connectivity index (χ3n) is 7.62. The molecule has 1 unspecified atom stereocenters. The van der Waals surface area contributed by atoms with Crippen molar-refractivity contribution in [3.63, 3.8) is 0 Å². The van der Waals surface area contributed by atoms with E-state index in [1.165, 1.54) is 0 Å². The van der Waals surface area contributed by atoms with E-state index in [1.807, 2.05) is 5.92 Å². The van der Waals surface area contributed by atoms with Crippen molar-refractivity contribution >= 4 is 7.92 Å². The smallest absolute Gasteiger partial charge is 0.130 e. The minimum absolute atomic E-state index is 1.13. The van der Waals surface area contributed by atoms with Crippen LogP contribution in [0.2, 0.25) is 0 Å². The SMILES string of the molecule is C#CC#CC#CC#CC#CC#CC#CC#CC#CC#CC#CC#CC#CC#CC#CC#CC#CC#CC#CC#CP(C#CC#CC#CC#CC#CC#CC#CC#CC#CC#CC#CC#CC#CC#CC#CC#CC#CC#CC#CC#CC)C#CC#CC#CC#CC#CC#CC#CC#CC#CC#CC#CC#CC#CC#CC#CC#CC#CC#CC#CC#CF. The second kappa shape index (κ2) is 94.0. The Morgan fingerprint density at radius 3 is 0.285 bits per heavy atom. The molecule has 0 aliphatic rings. The molecule has 0 aliphatic carbocycles. The van der Waals surface area contributed by atoms with Gasteiger partial charge in [-0.2, -0.15) is 0 Å². The summed E-state index contributed by atoms with van der Waals surface area (Å²) in [6, 6.07) is 0. The minimum atomic E-state index is -1.59. The molecule has 0 amide bonds. The molecule has 0 heterocycles. The molecular weight excluding hydrogens is 1500 g/mol. The van der Waals surface area contributed by atoms with Crippen molar-refractivity contribution in [2.75, 3.05) is 0 Å². The lowest BCUT2D eigenvalue weighted by Gasteiger charge is -1.84. The van der Waals surface area contributed by atoms with Crippen molar-refractivity contribution in [3.8, 4) is 710 Å². The number of rotatable bonds is 0. The van der Waals surface area contributed by atoms with Gasteiger partial charge in [0.15, 0.2) is 0 Å². The van der Waals surface area contributed by atoms with E-state index >= 15 is 0 Å². The summed E-state index contributed by atoms with van der Waals surface area (Å²) in [6.45, 7) is 1.68. The van der Waals surface area contributed by atoms with E-state index in [0.717, 1.165) is 6.17 Å². The van der Waals surface area contributed by atoms with Gasteiger partial charge in [0.25, 0.3) is 0 Å². The van der Waals surface area contributed by atoms with Gasteiger partial charge >= 0.3 is 0 Å². The summed E-state index contributed by atoms with van der Waals surface area (Å²) in [5.74, 6) is 286. The van der Waals surface area contributed by atoms with E-state index in [0.29, 0.717) is 0 Å². The van der Waals surface area contributed by atoms with Gasteiger partial charge in [0.1, 0.15) is 14.1 Å². The van der Waals surface area contributed by atoms with Crippen LogP contribution in [0.1, 0.15) is 6.92 Å². The number of terminal acetylenes is 1. The van der Waals surface area contributed by atoms with Gasteiger partial charge in [-0.25, -0.2) is 0 Å². The maximum absolute atomic E-state index is 11.5. The highest BCUT2D eigenvalue weighted by atomic mass is 31.1. The van der Waals surface area contributed by atoms with E-state index in [9.17, 15) is 4.39 Å². The van der Waals surface area contributed by atoms with Gasteiger partial charge in [0.05, 0.1) is 0 Å². The summed E-state index contributed by atoms with van der Waals surface area (Å²) in [4.78, 5) is 0. The predicted molar refractivity (Wildman–Crippen MR) is 481 cm³/mol. The summed E-state index contributed by atoms with van der Waals surface area (Å²) in [7, 11) is -1.59. The molecule has 123 heavy (non-hydrogen) atoms. The Morgan fingerprint density at radius 2 is 0.195 bits per heavy atom. The first-order valence-corrected chi connectivity index (χ1v) is 32.0. The molecule has 0 nitrogen and oxygen atoms in total. The van der Waals surface area contributed by atoms with Gasteiger partial charge in [-0.15, -0.1) is 10.8 Å². The summed E-state index contributed by atoms with van der Waals surface area (Å²) >= 11 is 0. The molecule has 0 fully saturated rings. The third-order valence-corrected chi connectivity index (χ3v) is 8.63. The van der Waals surface area contributed by atoms with Gasteiger partial charge in [-0.1, -0.05) is 5.92 Å². The van der Waals surface area contributed by atoms with Crippen LogP contribution in [0.25, 0.3) is 0 Å². The van der Waals surface area contributed by atoms with E-state index in [-0.39, 0.29) is 0 Å². The van der Waals surface area contributed by atoms with E-state index in [1.54, 1.807) is 6.92 Å². The highest BCUT2D eigenvalue weighted by molar-refractivity contribution is 7.72. The van der Waals surface area contributed by atoms with Gasteiger partial charge in [-0.05, 0) is 261 Å². The first-order chi connectivity index (χ1) is 61.3. The van der Waals surface area contributed by atoms with Crippen LogP contribution in [0.3, 0.4) is 0 Å². The van der Waals surface area contributed by atoms with Crippen LogP contribution in [0.4, 0.5) is 4.39 Å². The summed E-state index contributed by atoms with van der Waals surface area (Å²) in [5, 5.41) is 0. The fraction of sp³-hybridized carbons (Fsp3) is 0.00826. The quantitative estimate of drug-likeness (QED) is 0.258. The van der Waals surface area contributed by atoms with Crippen molar-refractivity contribution in [2.45, 2.75) is 6.92 Å². The molecule has 0 bridgehead atoms. The monoisotopic (exact) mass is 1510 g/mol. The molecule has 0 rings (SSSR count). The summed E-state index contributed by atoms with van der Waals surface area (Å²) < 4.78 is 11.5. The second-order valence-electron chi connectivity index (χ2n) is 15.3. The van der Waals surface area contributed by atoms with Crippen LogP contribution >= 0.6 is 7.92 Å². The van der Waals surface area contributed by atoms with Crippen LogP contribution in [-0.4, -0.2) is 0 Å². The van der Waals surface area contributed by atoms with E-state index < -0.39 is 7.92 Å². The number of hydrogen-bond acceptors (Lipinski definition) is 0. The molecular formula is C121H4FP. The molecule has 500 valence electrons. The van der Waals surface area contributed by atoms with Crippen molar-refractivity contribution in [1.29, 1.82) is 0 Å². The normalized spacial score (nSPS) is 4.37. The Balaban J connectivity index is 5.98. The maximum Gasteiger partial charge on any atom is 0.130 e. The topological polar surface area (TPSA) is 0 Å². The zero-order valence-electron chi connectivity index (χ0n) is 61.9. The third kappa shape index (κ3) is 92.0. The molecule has 0 radical (unpaired) electrons. The number of halogens is 1. The van der Waals surface area contributed by atoms with Gasteiger partial charge in [0, 0.05) is 438 Å². The van der Waals surface area contributed by atoms with E-state index in [2.05, 4.69) is 692 Å². The largest absolute Gasteiger partial charge is 0.143 e. The number of hydrogen-bond donors (Lipinski definition) is 0. The highest BCUT2D eigenvalue weighted by Gasteiger charge is 1.92. The molecule has 0 aliphatic heterocycles. The Labute approximate surface area is 724 Å². The standard InChI is InChI=1S/C121H4FP/c1-3-5-7-9-11-13-15-17-19-21-23-25-27-29-31-33-35-37-39-41-44-48-52-56-60-64-68-72-76-80-84-88-92-96-100-104-108-112-116-120-123(119-115-111-107-103-99-95-91-87-83-79-75-71-67-63-59-55-51-47-42-40-38-36-34-32-30-28-26-24-22-20-18-16-14-12-10-8-6-4-2)121-117-113-109-105-101-97-93-89-85-81-77-73-69-65-61-57-53-49-45-43-46-50-54-58-62-66-70-74-78-82-86-90-94-98-102-106-110-114-118-122/h2H,1H3. The van der Waals surface area contributed by atoms with Gasteiger partial charge in [-0.3, -0.25) is 0 Å². The molecule has 0 aromatic carbocycles. The van der Waals surface area contributed by atoms with Crippen molar-refractivity contribution in [2.24, 2.45) is 0 Å². The van der Waals surface area contributed by atoms with Crippen molar-refractivity contribution in [1.82, 2.24) is 0 Å². The minimum Gasteiger partial charge on any atom is -0.143 e. The average Bonchev–Trinajstić information content (AvgIpc) is 0.993. The van der Waals surface area contributed by atoms with E-state index in [4.69, 9.17) is 6.42 Å². The Hall–Kier alpha value is -26.0. The van der Waals surface area contributed by atoms with Crippen molar-refractivity contribution in [3.05, 3.63) is 0 Å². The van der Waals surface area contributed by atoms with Crippen LogP contribution in [-0.2, 0) is 0 Å². The molecule has 0 saturated carbocycles. The van der Waals surface area contributed by atoms with Crippen LogP contribution < -0.4 is 0 Å². The highest BCUT2D eigenvalue weighted by Crippen LogP contribution is 2.29. The Bertz CT molecular complexity index is 8550. The predicted octanol–water partition coefficient (Wildman–Crippen LogP) is 2.12. The molecule has 2 heteroatoms. The lowest BCUT2D eigenvalue weighted by atomic mass is 10.4. The first kappa shape index (κ1) is 97.0. The van der Waals surface area contributed by atoms with Gasteiger partial charge < -0.3 is 0 Å². The van der Waals surface area contributed by atoms with Crippen molar-refractivity contribution < 1.29 is 4.39 Å². The molecule has 0 aromatic rings. The fourth-order valence-corrected chi connectivity index (χ4v) is 4.47. The summed E-state index contributed by atoms with van der Waals surface area (Å²) in [6.07, 6.45) is 6.09. The molecule has 0 aromatic heterocycles. The second-order valence-corrected chi connectivity index (χ2v) is 16.6. The summed E-state index contributed by atoms with van der Waals surface area (Å²) in [5.41, 5.74) is 8.56. The van der Waals surface area contributed by atoms with Crippen LogP contribution in [0, 0.1) is 710 Å². The lowest BCUT2D eigenvalue weighted by molar-refractivity contribution is 0.774. The lowest BCUT2D eigenvalue weighted by Crippen LogP contribution is -1.62.